The van der Waals surface area contributed by atoms with Gasteiger partial charge >= 0.3 is 0 Å². The summed E-state index contributed by atoms with van der Waals surface area (Å²) in [4.78, 5) is 30.8. The second-order valence-corrected chi connectivity index (χ2v) is 15.4. The third kappa shape index (κ3) is 8.96. The number of aliphatic hydroxyl groups is 1. The first kappa shape index (κ1) is 39.1. The molecular weight excluding hydrogens is 742 g/mol. The summed E-state index contributed by atoms with van der Waals surface area (Å²) in [6.07, 6.45) is 7.39. The number of nitrogens with zero attached hydrogens (tertiary/aromatic N) is 5. The van der Waals surface area contributed by atoms with Crippen molar-refractivity contribution in [2.24, 2.45) is 7.05 Å². The molecule has 12 nitrogen and oxygen atoms in total. The summed E-state index contributed by atoms with van der Waals surface area (Å²) in [7, 11) is 3.65. The predicted octanol–water partition coefficient (Wildman–Crippen LogP) is 7.67. The van der Waals surface area contributed by atoms with Crippen LogP contribution in [0.25, 0.3) is 22.0 Å². The fourth-order valence-electron chi connectivity index (χ4n) is 7.04. The molecule has 0 bridgehead atoms. The maximum Gasteiger partial charge on any atom is 0.274 e. The smallest absolute Gasteiger partial charge is 0.274 e. The molecule has 0 radical (unpaired) electrons. The number of H-pyrrole nitrogens is 1. The normalized spacial score (nSPS) is 15.5. The molecule has 57 heavy (non-hydrogen) atoms. The van der Waals surface area contributed by atoms with Crippen molar-refractivity contribution in [3.63, 3.8) is 0 Å². The molecule has 1 amide bonds. The van der Waals surface area contributed by atoms with Crippen LogP contribution >= 0.6 is 11.6 Å². The molecule has 13 heteroatoms. The maximum absolute atomic E-state index is 13.0. The van der Waals surface area contributed by atoms with Gasteiger partial charge in [-0.15, -0.1) is 10.2 Å². The Labute approximate surface area is 335 Å². The van der Waals surface area contributed by atoms with Gasteiger partial charge in [0.25, 0.3) is 11.5 Å². The number of nitrogens with one attached hydrogen (secondary N) is 2. The molecule has 3 N–H and O–H groups in total. The molecule has 1 fully saturated rings. The molecule has 0 spiro atoms. The van der Waals surface area contributed by atoms with Gasteiger partial charge in [0.15, 0.2) is 11.5 Å². The minimum atomic E-state index is -1.08. The standard InChI is InChI=1S/C44H44ClN7O5/c1-44(2,55)29-8-17-39(35(23-29)36-26-52(4)43(54)41-34(36)19-21-47-41)57-32-11-5-27(6-12-32)20-22-51(3)40-18-16-38(49-50-40)42(53)48-30-9-14-31(15-10-30)56-33-13-7-28(25-46)37(45)24-33/h5-8,11-13,16-19,21,23-24,26,30-31,47,55H,9-10,14-15,20,22H2,1-4H3,(H,48,53). The fourth-order valence-corrected chi connectivity index (χ4v) is 7.26. The van der Waals surface area contributed by atoms with Crippen LogP contribution in [0.5, 0.6) is 17.2 Å². The van der Waals surface area contributed by atoms with Crippen molar-refractivity contribution in [3.05, 3.63) is 129 Å². The van der Waals surface area contributed by atoms with Crippen molar-refractivity contribution in [2.75, 3.05) is 18.5 Å². The van der Waals surface area contributed by atoms with Gasteiger partial charge in [-0.2, -0.15) is 5.26 Å². The molecule has 1 saturated carbocycles. The molecule has 0 unspecified atom stereocenters. The largest absolute Gasteiger partial charge is 0.490 e. The van der Waals surface area contributed by atoms with Crippen molar-refractivity contribution >= 4 is 34.2 Å². The number of carbonyl (C=O) groups excluding carboxylic acids is 1. The van der Waals surface area contributed by atoms with E-state index in [1.807, 2.05) is 66.5 Å². The molecule has 0 atom stereocenters. The molecule has 3 aromatic carbocycles. The summed E-state index contributed by atoms with van der Waals surface area (Å²) in [6, 6.07) is 26.0. The molecule has 6 aromatic rings. The van der Waals surface area contributed by atoms with Crippen LogP contribution in [0.2, 0.25) is 5.02 Å². The van der Waals surface area contributed by atoms with E-state index in [0.29, 0.717) is 45.7 Å². The van der Waals surface area contributed by atoms with E-state index < -0.39 is 5.60 Å². The zero-order chi connectivity index (χ0) is 40.3. The Kier molecular flexibility index (Phi) is 11.3. The topological polar surface area (TPSA) is 158 Å². The van der Waals surface area contributed by atoms with E-state index in [4.69, 9.17) is 26.3 Å². The van der Waals surface area contributed by atoms with E-state index >= 15 is 0 Å². The highest BCUT2D eigenvalue weighted by molar-refractivity contribution is 6.31. The number of likely N-dealkylation sites (N-methyl/N-ethyl adjacent to an activating group) is 1. The Morgan fingerprint density at radius 3 is 2.46 bits per heavy atom. The van der Waals surface area contributed by atoms with Crippen LogP contribution in [-0.2, 0) is 19.1 Å². The second-order valence-electron chi connectivity index (χ2n) is 15.0. The lowest BCUT2D eigenvalue weighted by Gasteiger charge is -2.29. The first-order chi connectivity index (χ1) is 27.4. The van der Waals surface area contributed by atoms with Crippen LogP contribution in [0.4, 0.5) is 5.82 Å². The zero-order valence-corrected chi connectivity index (χ0v) is 33.0. The number of anilines is 1. The Balaban J connectivity index is 0.925. The van der Waals surface area contributed by atoms with Crippen molar-refractivity contribution in [1.82, 2.24) is 25.1 Å². The minimum Gasteiger partial charge on any atom is -0.490 e. The number of amides is 1. The van der Waals surface area contributed by atoms with Crippen LogP contribution in [-0.4, -0.2) is 56.5 Å². The van der Waals surface area contributed by atoms with Crippen LogP contribution in [0.3, 0.4) is 0 Å². The van der Waals surface area contributed by atoms with Gasteiger partial charge in [-0.3, -0.25) is 9.59 Å². The van der Waals surface area contributed by atoms with Crippen LogP contribution < -0.4 is 25.2 Å². The summed E-state index contributed by atoms with van der Waals surface area (Å²) >= 11 is 6.14. The average molecular weight is 786 g/mol. The SMILES string of the molecule is CN(CCc1ccc(Oc2ccc(C(C)(C)O)cc2-c2cn(C)c(=O)c3[nH]ccc23)cc1)c1ccc(C(=O)NC2CCC(Oc3ccc(C#N)c(Cl)c3)CC2)nn1. The van der Waals surface area contributed by atoms with Gasteiger partial charge in [-0.1, -0.05) is 29.8 Å². The molecular formula is C44H44ClN7O5. The summed E-state index contributed by atoms with van der Waals surface area (Å²) in [5.74, 6) is 2.28. The van der Waals surface area contributed by atoms with Crippen molar-refractivity contribution < 1.29 is 19.4 Å². The van der Waals surface area contributed by atoms with Crippen molar-refractivity contribution in [1.29, 1.82) is 5.26 Å². The van der Waals surface area contributed by atoms with E-state index in [1.54, 1.807) is 68.2 Å². The Bertz CT molecular complexity index is 2490. The van der Waals surface area contributed by atoms with E-state index in [-0.39, 0.29) is 29.3 Å². The van der Waals surface area contributed by atoms with Crippen molar-refractivity contribution in [3.8, 4) is 34.4 Å². The molecule has 292 valence electrons. The van der Waals surface area contributed by atoms with Crippen LogP contribution in [0, 0.1) is 11.3 Å². The number of aromatic amines is 1. The van der Waals surface area contributed by atoms with Crippen LogP contribution in [0.1, 0.15) is 66.7 Å². The lowest BCUT2D eigenvalue weighted by atomic mass is 9.93. The number of benzene rings is 3. The number of hydrogen-bond donors (Lipinski definition) is 3. The van der Waals surface area contributed by atoms with E-state index in [0.717, 1.165) is 59.7 Å². The third-order valence-corrected chi connectivity index (χ3v) is 10.7. The number of hydrogen-bond acceptors (Lipinski definition) is 9. The van der Waals surface area contributed by atoms with Gasteiger partial charge in [0.1, 0.15) is 28.8 Å². The Hall–Kier alpha value is -6.16. The third-order valence-electron chi connectivity index (χ3n) is 10.4. The highest BCUT2D eigenvalue weighted by Gasteiger charge is 2.25. The predicted molar refractivity (Wildman–Crippen MR) is 220 cm³/mol. The molecule has 1 aliphatic rings. The quantitative estimate of drug-likeness (QED) is 0.113. The van der Waals surface area contributed by atoms with Gasteiger partial charge < -0.3 is 34.3 Å². The molecule has 0 saturated heterocycles. The summed E-state index contributed by atoms with van der Waals surface area (Å²) in [5, 5.41) is 32.7. The molecule has 7 rings (SSSR count). The van der Waals surface area contributed by atoms with E-state index in [9.17, 15) is 14.7 Å². The average Bonchev–Trinajstić information content (AvgIpc) is 3.70. The second kappa shape index (κ2) is 16.5. The van der Waals surface area contributed by atoms with E-state index in [1.165, 1.54) is 0 Å². The van der Waals surface area contributed by atoms with Crippen molar-refractivity contribution in [2.45, 2.75) is 63.7 Å². The first-order valence-corrected chi connectivity index (χ1v) is 19.3. The fraction of sp³-hybridized carbons (Fsp3) is 0.295. The number of fused-ring (bicyclic) bond motifs is 1. The Morgan fingerprint density at radius 2 is 1.77 bits per heavy atom. The molecule has 0 aliphatic heterocycles. The number of nitriles is 1. The summed E-state index contributed by atoms with van der Waals surface area (Å²) in [5.41, 5.74) is 3.36. The number of rotatable bonds is 12. The van der Waals surface area contributed by atoms with E-state index in [2.05, 4.69) is 20.5 Å². The number of carbonyl (C=O) groups is 1. The number of aryl methyl sites for hydroxylation is 1. The minimum absolute atomic E-state index is 0.0105. The molecule has 1 aliphatic carbocycles. The number of aromatic nitrogens is 4. The van der Waals surface area contributed by atoms with Crippen LogP contribution in [0.15, 0.2) is 96.1 Å². The number of halogens is 1. The molecule has 3 aromatic heterocycles. The monoisotopic (exact) mass is 785 g/mol. The lowest BCUT2D eigenvalue weighted by Crippen LogP contribution is -2.40. The molecule has 3 heterocycles. The van der Waals surface area contributed by atoms with Gasteiger partial charge in [-0.25, -0.2) is 0 Å². The summed E-state index contributed by atoms with van der Waals surface area (Å²) in [6.45, 7) is 4.14. The number of ether oxygens (including phenoxy) is 2. The van der Waals surface area contributed by atoms with Gasteiger partial charge in [0.2, 0.25) is 0 Å². The van der Waals surface area contributed by atoms with Gasteiger partial charge in [-0.05, 0) is 112 Å². The summed E-state index contributed by atoms with van der Waals surface area (Å²) < 4.78 is 14.0. The highest BCUT2D eigenvalue weighted by atomic mass is 35.5. The number of pyridine rings is 1. The zero-order valence-electron chi connectivity index (χ0n) is 32.3. The highest BCUT2D eigenvalue weighted by Crippen LogP contribution is 2.39. The first-order valence-electron chi connectivity index (χ1n) is 18.9. The lowest BCUT2D eigenvalue weighted by molar-refractivity contribution is 0.0786. The van der Waals surface area contributed by atoms with Gasteiger partial charge in [0, 0.05) is 61.7 Å². The van der Waals surface area contributed by atoms with Gasteiger partial charge in [0.05, 0.1) is 22.3 Å². The maximum atomic E-state index is 13.0. The Morgan fingerprint density at radius 1 is 1.02 bits per heavy atom.